The van der Waals surface area contributed by atoms with Gasteiger partial charge in [-0.1, -0.05) is 13.8 Å². The van der Waals surface area contributed by atoms with Crippen molar-refractivity contribution in [3.8, 4) is 0 Å². The number of nitrogens with zero attached hydrogens (tertiary/aromatic N) is 1. The summed E-state index contributed by atoms with van der Waals surface area (Å²) in [6.07, 6.45) is 0. The maximum atomic E-state index is 11.7. The molecule has 102 valence electrons. The van der Waals surface area contributed by atoms with Crippen LogP contribution in [0.4, 0.5) is 11.4 Å². The summed E-state index contributed by atoms with van der Waals surface area (Å²) in [6, 6.07) is 3.39. The van der Waals surface area contributed by atoms with Crippen LogP contribution in [-0.2, 0) is 9.53 Å². The molecule has 1 unspecified atom stereocenters. The number of benzene rings is 1. The molecule has 3 N–H and O–H groups in total. The van der Waals surface area contributed by atoms with Crippen molar-refractivity contribution >= 4 is 38.9 Å². The van der Waals surface area contributed by atoms with E-state index >= 15 is 0 Å². The summed E-state index contributed by atoms with van der Waals surface area (Å²) in [7, 11) is 1.38. The van der Waals surface area contributed by atoms with Gasteiger partial charge in [0.15, 0.2) is 0 Å². The second kappa shape index (κ2) is 5.44. The van der Waals surface area contributed by atoms with Crippen LogP contribution in [0.1, 0.15) is 13.8 Å². The summed E-state index contributed by atoms with van der Waals surface area (Å²) in [4.78, 5) is 16.0. The molecule has 0 spiro atoms. The zero-order chi connectivity index (χ0) is 14.0. The van der Waals surface area contributed by atoms with Crippen molar-refractivity contribution in [2.75, 3.05) is 18.2 Å². The molecule has 1 atom stereocenters. The normalized spacial score (nSPS) is 12.6. The first-order valence-corrected chi connectivity index (χ1v) is 6.88. The van der Waals surface area contributed by atoms with Gasteiger partial charge in [0.1, 0.15) is 11.6 Å². The van der Waals surface area contributed by atoms with Gasteiger partial charge in [0.25, 0.3) is 0 Å². The fourth-order valence-corrected chi connectivity index (χ4v) is 2.56. The van der Waals surface area contributed by atoms with Crippen molar-refractivity contribution in [3.05, 3.63) is 17.6 Å². The summed E-state index contributed by atoms with van der Waals surface area (Å²) in [6.45, 7) is 3.90. The van der Waals surface area contributed by atoms with Crippen molar-refractivity contribution in [2.24, 2.45) is 5.92 Å². The van der Waals surface area contributed by atoms with Crippen LogP contribution in [0.3, 0.4) is 0 Å². The number of thiazole rings is 1. The number of nitrogens with two attached hydrogens (primary N) is 1. The molecule has 1 aromatic carbocycles. The first-order chi connectivity index (χ1) is 9.04. The Hall–Kier alpha value is -1.82. The quantitative estimate of drug-likeness (QED) is 0.664. The first kappa shape index (κ1) is 13.6. The van der Waals surface area contributed by atoms with E-state index in [9.17, 15) is 4.79 Å². The summed E-state index contributed by atoms with van der Waals surface area (Å²) in [5, 5.41) is 3.14. The monoisotopic (exact) mass is 279 g/mol. The van der Waals surface area contributed by atoms with Gasteiger partial charge in [-0.15, -0.1) is 11.3 Å². The number of hydrogen-bond acceptors (Lipinski definition) is 6. The maximum Gasteiger partial charge on any atom is 0.328 e. The van der Waals surface area contributed by atoms with Crippen molar-refractivity contribution in [2.45, 2.75) is 19.9 Å². The van der Waals surface area contributed by atoms with E-state index in [0.717, 1.165) is 10.2 Å². The number of ether oxygens (including phenoxy) is 1. The summed E-state index contributed by atoms with van der Waals surface area (Å²) < 4.78 is 5.83. The molecule has 1 heterocycles. The Kier molecular flexibility index (Phi) is 3.90. The Balaban J connectivity index is 2.33. The number of methoxy groups -OCH3 is 1. The lowest BCUT2D eigenvalue weighted by atomic mass is 10.0. The Bertz CT molecular complexity index is 595. The number of hydrogen-bond donors (Lipinski definition) is 2. The molecule has 0 bridgehead atoms. The third-order valence-electron chi connectivity index (χ3n) is 2.97. The highest BCUT2D eigenvalue weighted by Gasteiger charge is 2.23. The van der Waals surface area contributed by atoms with Gasteiger partial charge in [0, 0.05) is 0 Å². The topological polar surface area (TPSA) is 77.2 Å². The molecule has 6 heteroatoms. The lowest BCUT2D eigenvalue weighted by Crippen LogP contribution is -2.35. The minimum Gasteiger partial charge on any atom is -0.467 e. The van der Waals surface area contributed by atoms with Gasteiger partial charge < -0.3 is 15.8 Å². The van der Waals surface area contributed by atoms with Crippen molar-refractivity contribution < 1.29 is 9.53 Å². The number of esters is 1. The van der Waals surface area contributed by atoms with Crippen LogP contribution in [0.25, 0.3) is 10.2 Å². The number of carbonyl (C=O) groups is 1. The molecular weight excluding hydrogens is 262 g/mol. The third kappa shape index (κ3) is 2.63. The van der Waals surface area contributed by atoms with Crippen molar-refractivity contribution in [1.82, 2.24) is 4.98 Å². The molecule has 0 aliphatic heterocycles. The highest BCUT2D eigenvalue weighted by molar-refractivity contribution is 7.16. The Morgan fingerprint density at radius 3 is 2.84 bits per heavy atom. The number of nitrogens with one attached hydrogen (secondary N) is 1. The van der Waals surface area contributed by atoms with Crippen LogP contribution < -0.4 is 11.1 Å². The van der Waals surface area contributed by atoms with Crippen LogP contribution in [0, 0.1) is 5.92 Å². The minimum atomic E-state index is -0.427. The average Bonchev–Trinajstić information content (AvgIpc) is 2.86. The van der Waals surface area contributed by atoms with E-state index in [-0.39, 0.29) is 11.9 Å². The van der Waals surface area contributed by atoms with Crippen LogP contribution in [0.5, 0.6) is 0 Å². The molecule has 5 nitrogen and oxygen atoms in total. The number of anilines is 2. The molecule has 19 heavy (non-hydrogen) atoms. The lowest BCUT2D eigenvalue weighted by Gasteiger charge is -2.21. The standard InChI is InChI=1S/C13H17N3O2S/c1-7(2)11(13(17)18-3)16-8-4-5-9-12(10(8)14)15-6-19-9/h4-7,11,16H,14H2,1-3H3. The van der Waals surface area contributed by atoms with Crippen LogP contribution in [0.2, 0.25) is 0 Å². The fraction of sp³-hybridized carbons (Fsp3) is 0.385. The van der Waals surface area contributed by atoms with E-state index in [1.165, 1.54) is 18.4 Å². The van der Waals surface area contributed by atoms with Gasteiger partial charge in [-0.3, -0.25) is 0 Å². The zero-order valence-electron chi connectivity index (χ0n) is 11.1. The molecular formula is C13H17N3O2S. The van der Waals surface area contributed by atoms with Crippen molar-refractivity contribution in [1.29, 1.82) is 0 Å². The van der Waals surface area contributed by atoms with Gasteiger partial charge in [0.05, 0.1) is 28.7 Å². The minimum absolute atomic E-state index is 0.0954. The van der Waals surface area contributed by atoms with Crippen LogP contribution in [0.15, 0.2) is 17.6 Å². The number of aromatic nitrogens is 1. The highest BCUT2D eigenvalue weighted by atomic mass is 32.1. The number of nitrogen functional groups attached to an aromatic ring is 1. The van der Waals surface area contributed by atoms with E-state index in [0.29, 0.717) is 11.4 Å². The zero-order valence-corrected chi connectivity index (χ0v) is 12.0. The number of fused-ring (bicyclic) bond motifs is 1. The van der Waals surface area contributed by atoms with E-state index in [2.05, 4.69) is 10.3 Å². The van der Waals surface area contributed by atoms with Gasteiger partial charge >= 0.3 is 5.97 Å². The number of rotatable bonds is 4. The third-order valence-corrected chi connectivity index (χ3v) is 3.77. The predicted octanol–water partition coefficient (Wildman–Crippen LogP) is 2.49. The second-order valence-electron chi connectivity index (χ2n) is 4.62. The lowest BCUT2D eigenvalue weighted by molar-refractivity contribution is -0.142. The predicted molar refractivity (Wildman–Crippen MR) is 78.3 cm³/mol. The molecule has 0 aliphatic rings. The Morgan fingerprint density at radius 2 is 2.21 bits per heavy atom. The molecule has 2 aromatic rings. The molecule has 2 rings (SSSR count). The Morgan fingerprint density at radius 1 is 1.47 bits per heavy atom. The van der Waals surface area contributed by atoms with Gasteiger partial charge in [-0.05, 0) is 18.1 Å². The van der Waals surface area contributed by atoms with E-state index in [1.54, 1.807) is 5.51 Å². The SMILES string of the molecule is COC(=O)C(Nc1ccc2scnc2c1N)C(C)C. The molecule has 0 radical (unpaired) electrons. The van der Waals surface area contributed by atoms with Crippen LogP contribution in [-0.4, -0.2) is 24.1 Å². The maximum absolute atomic E-state index is 11.7. The van der Waals surface area contributed by atoms with Crippen molar-refractivity contribution in [3.63, 3.8) is 0 Å². The van der Waals surface area contributed by atoms with Gasteiger partial charge in [-0.25, -0.2) is 9.78 Å². The van der Waals surface area contributed by atoms with E-state index in [4.69, 9.17) is 10.5 Å². The molecule has 0 amide bonds. The summed E-state index contributed by atoms with van der Waals surface area (Å²) in [5.74, 6) is -0.203. The van der Waals surface area contributed by atoms with E-state index in [1.807, 2.05) is 26.0 Å². The Labute approximate surface area is 115 Å². The molecule has 0 saturated carbocycles. The molecule has 0 aliphatic carbocycles. The van der Waals surface area contributed by atoms with Gasteiger partial charge in [-0.2, -0.15) is 0 Å². The molecule has 0 saturated heterocycles. The van der Waals surface area contributed by atoms with E-state index < -0.39 is 6.04 Å². The molecule has 1 aromatic heterocycles. The largest absolute Gasteiger partial charge is 0.467 e. The van der Waals surface area contributed by atoms with Gasteiger partial charge in [0.2, 0.25) is 0 Å². The summed E-state index contributed by atoms with van der Waals surface area (Å²) in [5.41, 5.74) is 9.88. The number of carbonyl (C=O) groups excluding carboxylic acids is 1. The smallest absolute Gasteiger partial charge is 0.328 e. The first-order valence-electron chi connectivity index (χ1n) is 6.00. The summed E-state index contributed by atoms with van der Waals surface area (Å²) >= 11 is 1.54. The highest BCUT2D eigenvalue weighted by Crippen LogP contribution is 2.31. The van der Waals surface area contributed by atoms with Crippen LogP contribution >= 0.6 is 11.3 Å². The molecule has 0 fully saturated rings. The average molecular weight is 279 g/mol. The fourth-order valence-electron chi connectivity index (χ4n) is 1.87. The second-order valence-corrected chi connectivity index (χ2v) is 5.50.